The maximum atomic E-state index is 12.4. The Bertz CT molecular complexity index is 718. The Balaban J connectivity index is 1.71. The van der Waals surface area contributed by atoms with Gasteiger partial charge in [0.1, 0.15) is 0 Å². The molecule has 3 rings (SSSR count). The van der Waals surface area contributed by atoms with Crippen LogP contribution in [0.1, 0.15) is 29.0 Å². The minimum Gasteiger partial charge on any atom is -0.352 e. The van der Waals surface area contributed by atoms with Gasteiger partial charge in [-0.25, -0.2) is 0 Å². The molecule has 0 atom stereocenters. The zero-order chi connectivity index (χ0) is 16.6. The lowest BCUT2D eigenvalue weighted by Gasteiger charge is -2.18. The summed E-state index contributed by atoms with van der Waals surface area (Å²) in [5.74, 6) is 0.0952. The molecular weight excluding hydrogens is 296 g/mol. The van der Waals surface area contributed by atoms with Crippen LogP contribution in [0.25, 0.3) is 0 Å². The van der Waals surface area contributed by atoms with E-state index in [4.69, 9.17) is 0 Å². The first kappa shape index (κ1) is 15.9. The quantitative estimate of drug-likeness (QED) is 0.749. The Labute approximate surface area is 142 Å². The van der Waals surface area contributed by atoms with Gasteiger partial charge in [0.05, 0.1) is 0 Å². The monoisotopic (exact) mass is 316 g/mol. The van der Waals surface area contributed by atoms with Gasteiger partial charge in [0.25, 0.3) is 0 Å². The van der Waals surface area contributed by atoms with Gasteiger partial charge in [0.2, 0.25) is 5.91 Å². The summed E-state index contributed by atoms with van der Waals surface area (Å²) in [6.45, 7) is 0.503. The number of aromatic nitrogens is 1. The molecule has 0 saturated carbocycles. The van der Waals surface area contributed by atoms with Crippen LogP contribution in [0.3, 0.4) is 0 Å². The van der Waals surface area contributed by atoms with Crippen molar-refractivity contribution in [1.29, 1.82) is 0 Å². The molecule has 3 nitrogen and oxygen atoms in total. The van der Waals surface area contributed by atoms with E-state index in [9.17, 15) is 4.79 Å². The third kappa shape index (κ3) is 4.29. The highest BCUT2D eigenvalue weighted by Gasteiger charge is 2.17. The minimum atomic E-state index is 0.0385. The third-order valence-corrected chi connectivity index (χ3v) is 4.01. The smallest absolute Gasteiger partial charge is 0.221 e. The first-order chi connectivity index (χ1) is 11.8. The van der Waals surface area contributed by atoms with Crippen LogP contribution >= 0.6 is 0 Å². The number of carbonyl (C=O) groups excluding carboxylic acids is 1. The molecule has 0 radical (unpaired) electrons. The first-order valence-electron chi connectivity index (χ1n) is 8.08. The molecule has 24 heavy (non-hydrogen) atoms. The normalized spacial score (nSPS) is 10.5. The average molecular weight is 316 g/mol. The molecule has 0 saturated heterocycles. The average Bonchev–Trinajstić information content (AvgIpc) is 2.67. The maximum Gasteiger partial charge on any atom is 0.221 e. The lowest BCUT2D eigenvalue weighted by atomic mass is 9.88. The standard InChI is InChI=1S/C21H20N2O/c24-21(23-16-17-8-7-13-22-15-17)14-20(18-9-3-1-4-10-18)19-11-5-2-6-12-19/h1-13,15,20H,14,16H2,(H,23,24). The molecule has 3 heteroatoms. The van der Waals surface area contributed by atoms with Crippen molar-refractivity contribution in [2.75, 3.05) is 0 Å². The Kier molecular flexibility index (Phi) is 5.36. The van der Waals surface area contributed by atoms with E-state index in [1.54, 1.807) is 12.4 Å². The van der Waals surface area contributed by atoms with Crippen LogP contribution in [-0.2, 0) is 11.3 Å². The van der Waals surface area contributed by atoms with Gasteiger partial charge < -0.3 is 5.32 Å². The number of nitrogens with one attached hydrogen (secondary N) is 1. The number of hydrogen-bond donors (Lipinski definition) is 1. The van der Waals surface area contributed by atoms with E-state index in [2.05, 4.69) is 34.6 Å². The van der Waals surface area contributed by atoms with Crippen molar-refractivity contribution in [2.24, 2.45) is 0 Å². The summed E-state index contributed by atoms with van der Waals surface area (Å²) < 4.78 is 0. The van der Waals surface area contributed by atoms with Gasteiger partial charge in [-0.3, -0.25) is 9.78 Å². The van der Waals surface area contributed by atoms with Crippen LogP contribution in [-0.4, -0.2) is 10.9 Å². The van der Waals surface area contributed by atoms with E-state index in [1.165, 1.54) is 0 Å². The summed E-state index contributed by atoms with van der Waals surface area (Å²) in [7, 11) is 0. The molecule has 0 fully saturated rings. The van der Waals surface area contributed by atoms with Crippen molar-refractivity contribution in [3.63, 3.8) is 0 Å². The molecule has 2 aromatic carbocycles. The Morgan fingerprint density at radius 1 is 0.875 bits per heavy atom. The van der Waals surface area contributed by atoms with E-state index < -0.39 is 0 Å². The van der Waals surface area contributed by atoms with Gasteiger partial charge in [-0.1, -0.05) is 66.7 Å². The molecule has 1 heterocycles. The van der Waals surface area contributed by atoms with Crippen LogP contribution in [0.2, 0.25) is 0 Å². The van der Waals surface area contributed by atoms with E-state index in [0.717, 1.165) is 16.7 Å². The molecule has 0 bridgehead atoms. The number of amides is 1. The summed E-state index contributed by atoms with van der Waals surface area (Å²) in [5.41, 5.74) is 3.31. The summed E-state index contributed by atoms with van der Waals surface area (Å²) in [4.78, 5) is 16.5. The molecule has 0 aliphatic rings. The van der Waals surface area contributed by atoms with Crippen LogP contribution in [0.5, 0.6) is 0 Å². The Morgan fingerprint density at radius 3 is 2.04 bits per heavy atom. The highest BCUT2D eigenvalue weighted by Crippen LogP contribution is 2.27. The van der Waals surface area contributed by atoms with Crippen molar-refractivity contribution in [3.8, 4) is 0 Å². The second-order valence-electron chi connectivity index (χ2n) is 5.72. The van der Waals surface area contributed by atoms with Gasteiger partial charge in [-0.05, 0) is 22.8 Å². The third-order valence-electron chi connectivity index (χ3n) is 4.01. The molecule has 1 N–H and O–H groups in total. The fraction of sp³-hybridized carbons (Fsp3) is 0.143. The Morgan fingerprint density at radius 2 is 1.50 bits per heavy atom. The highest BCUT2D eigenvalue weighted by molar-refractivity contribution is 5.77. The largest absolute Gasteiger partial charge is 0.352 e. The second kappa shape index (κ2) is 8.06. The fourth-order valence-corrected chi connectivity index (χ4v) is 2.76. The van der Waals surface area contributed by atoms with Crippen molar-refractivity contribution in [3.05, 3.63) is 102 Å². The molecule has 0 aliphatic carbocycles. The summed E-state index contributed by atoms with van der Waals surface area (Å²) in [6, 6.07) is 24.2. The summed E-state index contributed by atoms with van der Waals surface area (Å²) in [5, 5.41) is 2.99. The van der Waals surface area contributed by atoms with Crippen molar-refractivity contribution >= 4 is 5.91 Å². The van der Waals surface area contributed by atoms with E-state index in [-0.39, 0.29) is 11.8 Å². The summed E-state index contributed by atoms with van der Waals surface area (Å²) in [6.07, 6.45) is 3.92. The summed E-state index contributed by atoms with van der Waals surface area (Å²) >= 11 is 0. The molecular formula is C21H20N2O. The highest BCUT2D eigenvalue weighted by atomic mass is 16.1. The predicted octanol–water partition coefficient (Wildman–Crippen LogP) is 3.92. The number of benzene rings is 2. The molecule has 1 amide bonds. The van der Waals surface area contributed by atoms with Gasteiger partial charge in [-0.2, -0.15) is 0 Å². The number of hydrogen-bond acceptors (Lipinski definition) is 2. The van der Waals surface area contributed by atoms with Crippen LogP contribution in [0.4, 0.5) is 0 Å². The molecule has 1 aromatic heterocycles. The number of nitrogens with zero attached hydrogens (tertiary/aromatic N) is 1. The van der Waals surface area contributed by atoms with Crippen LogP contribution in [0.15, 0.2) is 85.2 Å². The van der Waals surface area contributed by atoms with E-state index in [1.807, 2.05) is 48.5 Å². The fourth-order valence-electron chi connectivity index (χ4n) is 2.76. The lowest BCUT2D eigenvalue weighted by molar-refractivity contribution is -0.121. The lowest BCUT2D eigenvalue weighted by Crippen LogP contribution is -2.25. The Hall–Kier alpha value is -2.94. The number of rotatable bonds is 6. The predicted molar refractivity (Wildman–Crippen MR) is 95.4 cm³/mol. The SMILES string of the molecule is O=C(CC(c1ccccc1)c1ccccc1)NCc1cccnc1. The van der Waals surface area contributed by atoms with Crippen LogP contribution < -0.4 is 5.32 Å². The topological polar surface area (TPSA) is 42.0 Å². The van der Waals surface area contributed by atoms with Gasteiger partial charge in [0.15, 0.2) is 0 Å². The molecule has 0 spiro atoms. The molecule has 3 aromatic rings. The minimum absolute atomic E-state index is 0.0385. The van der Waals surface area contributed by atoms with Gasteiger partial charge in [-0.15, -0.1) is 0 Å². The van der Waals surface area contributed by atoms with E-state index in [0.29, 0.717) is 13.0 Å². The van der Waals surface area contributed by atoms with E-state index >= 15 is 0 Å². The molecule has 0 aliphatic heterocycles. The molecule has 0 unspecified atom stereocenters. The van der Waals surface area contributed by atoms with Crippen LogP contribution in [0, 0.1) is 0 Å². The van der Waals surface area contributed by atoms with Gasteiger partial charge in [0, 0.05) is 31.3 Å². The zero-order valence-electron chi connectivity index (χ0n) is 13.4. The number of carbonyl (C=O) groups is 1. The number of pyridine rings is 1. The second-order valence-corrected chi connectivity index (χ2v) is 5.72. The zero-order valence-corrected chi connectivity index (χ0v) is 13.4. The van der Waals surface area contributed by atoms with Crippen molar-refractivity contribution in [2.45, 2.75) is 18.9 Å². The maximum absolute atomic E-state index is 12.4. The van der Waals surface area contributed by atoms with Crippen molar-refractivity contribution in [1.82, 2.24) is 10.3 Å². The first-order valence-corrected chi connectivity index (χ1v) is 8.08. The molecule has 120 valence electrons. The van der Waals surface area contributed by atoms with Gasteiger partial charge >= 0.3 is 0 Å². The van der Waals surface area contributed by atoms with Crippen molar-refractivity contribution < 1.29 is 4.79 Å².